The number of carbonyl (C=O) groups is 1. The van der Waals surface area contributed by atoms with Gasteiger partial charge in [-0.2, -0.15) is 0 Å². The summed E-state index contributed by atoms with van der Waals surface area (Å²) in [5.41, 5.74) is 0.326. The minimum Gasteiger partial charge on any atom is -0.508 e. The molecule has 0 aromatic heterocycles. The van der Waals surface area contributed by atoms with Gasteiger partial charge in [0.15, 0.2) is 0 Å². The number of carboxylic acid groups (broad SMARTS) is 1. The van der Waals surface area contributed by atoms with E-state index < -0.39 is 11.7 Å². The van der Waals surface area contributed by atoms with Crippen molar-refractivity contribution in [1.29, 1.82) is 0 Å². The Kier molecular flexibility index (Phi) is 2.65. The SMILES string of the molecule is CC(C)c1cc(C(=O)O)c(O)cc1O. The molecule has 0 saturated carbocycles. The Hall–Kier alpha value is -1.71. The molecule has 0 spiro atoms. The molecule has 14 heavy (non-hydrogen) atoms. The van der Waals surface area contributed by atoms with Gasteiger partial charge in [-0.3, -0.25) is 0 Å². The Morgan fingerprint density at radius 1 is 1.21 bits per heavy atom. The average molecular weight is 196 g/mol. The first kappa shape index (κ1) is 10.4. The Bertz CT molecular complexity index is 369. The molecule has 0 aliphatic rings. The number of hydrogen-bond acceptors (Lipinski definition) is 3. The summed E-state index contributed by atoms with van der Waals surface area (Å²) >= 11 is 0. The molecule has 0 fully saturated rings. The molecule has 0 unspecified atom stereocenters. The van der Waals surface area contributed by atoms with Gasteiger partial charge in [-0.05, 0) is 17.5 Å². The zero-order valence-electron chi connectivity index (χ0n) is 7.98. The van der Waals surface area contributed by atoms with Crippen LogP contribution in [0.3, 0.4) is 0 Å². The molecular weight excluding hydrogens is 184 g/mol. The maximum atomic E-state index is 10.7. The second-order valence-electron chi connectivity index (χ2n) is 3.39. The van der Waals surface area contributed by atoms with Crippen LogP contribution in [0, 0.1) is 0 Å². The van der Waals surface area contributed by atoms with Crippen molar-refractivity contribution < 1.29 is 20.1 Å². The highest BCUT2D eigenvalue weighted by molar-refractivity contribution is 5.91. The monoisotopic (exact) mass is 196 g/mol. The molecular formula is C10H12O4. The summed E-state index contributed by atoms with van der Waals surface area (Å²) in [4.78, 5) is 10.7. The molecule has 0 radical (unpaired) electrons. The fraction of sp³-hybridized carbons (Fsp3) is 0.300. The van der Waals surface area contributed by atoms with E-state index >= 15 is 0 Å². The molecule has 0 heterocycles. The smallest absolute Gasteiger partial charge is 0.339 e. The lowest BCUT2D eigenvalue weighted by molar-refractivity contribution is 0.0693. The molecule has 0 aliphatic carbocycles. The Balaban J connectivity index is 3.34. The first-order valence-electron chi connectivity index (χ1n) is 4.22. The highest BCUT2D eigenvalue weighted by Crippen LogP contribution is 2.31. The summed E-state index contributed by atoms with van der Waals surface area (Å²) in [6.45, 7) is 3.66. The van der Waals surface area contributed by atoms with Crippen molar-refractivity contribution >= 4 is 5.97 Å². The molecule has 0 atom stereocenters. The number of rotatable bonds is 2. The highest BCUT2D eigenvalue weighted by atomic mass is 16.4. The van der Waals surface area contributed by atoms with Crippen LogP contribution in [-0.4, -0.2) is 21.3 Å². The van der Waals surface area contributed by atoms with E-state index in [4.69, 9.17) is 5.11 Å². The average Bonchev–Trinajstić information content (AvgIpc) is 2.02. The van der Waals surface area contributed by atoms with Crippen molar-refractivity contribution in [3.05, 3.63) is 23.3 Å². The maximum Gasteiger partial charge on any atom is 0.339 e. The zero-order valence-corrected chi connectivity index (χ0v) is 7.98. The summed E-state index contributed by atoms with van der Waals surface area (Å²) < 4.78 is 0. The van der Waals surface area contributed by atoms with Crippen LogP contribution in [0.2, 0.25) is 0 Å². The third-order valence-corrected chi connectivity index (χ3v) is 2.00. The molecule has 1 aromatic carbocycles. The number of phenols is 2. The van der Waals surface area contributed by atoms with E-state index in [-0.39, 0.29) is 17.2 Å². The standard InChI is InChI=1S/C10H12O4/c1-5(2)6-3-7(10(13)14)9(12)4-8(6)11/h3-5,11-12H,1-2H3,(H,13,14). The van der Waals surface area contributed by atoms with Gasteiger partial charge in [0.2, 0.25) is 0 Å². The molecule has 76 valence electrons. The van der Waals surface area contributed by atoms with Gasteiger partial charge in [0.05, 0.1) is 0 Å². The normalized spacial score (nSPS) is 10.5. The molecule has 0 aliphatic heterocycles. The van der Waals surface area contributed by atoms with E-state index in [0.29, 0.717) is 5.56 Å². The van der Waals surface area contributed by atoms with Crippen LogP contribution in [-0.2, 0) is 0 Å². The van der Waals surface area contributed by atoms with Crippen LogP contribution in [0.4, 0.5) is 0 Å². The lowest BCUT2D eigenvalue weighted by Crippen LogP contribution is -1.99. The van der Waals surface area contributed by atoms with E-state index in [0.717, 1.165) is 6.07 Å². The van der Waals surface area contributed by atoms with Gasteiger partial charge in [0.25, 0.3) is 0 Å². The molecule has 0 saturated heterocycles. The maximum absolute atomic E-state index is 10.7. The van der Waals surface area contributed by atoms with Crippen LogP contribution in [0.25, 0.3) is 0 Å². The van der Waals surface area contributed by atoms with Crippen molar-refractivity contribution in [1.82, 2.24) is 0 Å². The summed E-state index contributed by atoms with van der Waals surface area (Å²) in [7, 11) is 0. The van der Waals surface area contributed by atoms with E-state index in [2.05, 4.69) is 0 Å². The Morgan fingerprint density at radius 3 is 2.21 bits per heavy atom. The number of aromatic carboxylic acids is 1. The zero-order chi connectivity index (χ0) is 10.9. The van der Waals surface area contributed by atoms with Gasteiger partial charge in [0, 0.05) is 6.07 Å². The second kappa shape index (κ2) is 3.57. The van der Waals surface area contributed by atoms with Crippen molar-refractivity contribution in [2.45, 2.75) is 19.8 Å². The number of phenolic OH excluding ortho intramolecular Hbond substituents is 1. The third kappa shape index (κ3) is 1.79. The largest absolute Gasteiger partial charge is 0.508 e. The molecule has 1 aromatic rings. The van der Waals surface area contributed by atoms with Crippen molar-refractivity contribution in [2.75, 3.05) is 0 Å². The molecule has 0 amide bonds. The van der Waals surface area contributed by atoms with Crippen molar-refractivity contribution in [3.63, 3.8) is 0 Å². The van der Waals surface area contributed by atoms with Crippen LogP contribution < -0.4 is 0 Å². The van der Waals surface area contributed by atoms with Crippen LogP contribution in [0.5, 0.6) is 11.5 Å². The minimum atomic E-state index is -1.20. The summed E-state index contributed by atoms with van der Waals surface area (Å²) in [6.07, 6.45) is 0. The summed E-state index contributed by atoms with van der Waals surface area (Å²) in [5.74, 6) is -1.69. The van der Waals surface area contributed by atoms with Crippen LogP contribution >= 0.6 is 0 Å². The predicted octanol–water partition coefficient (Wildman–Crippen LogP) is 1.92. The van der Waals surface area contributed by atoms with Gasteiger partial charge in [0.1, 0.15) is 17.1 Å². The van der Waals surface area contributed by atoms with E-state index in [1.807, 2.05) is 13.8 Å². The van der Waals surface area contributed by atoms with E-state index in [9.17, 15) is 15.0 Å². The first-order chi connectivity index (χ1) is 6.43. The number of hydrogen-bond donors (Lipinski definition) is 3. The predicted molar refractivity (Wildman–Crippen MR) is 50.8 cm³/mol. The molecule has 3 N–H and O–H groups in total. The number of carboxylic acids is 1. The topological polar surface area (TPSA) is 77.8 Å². The Morgan fingerprint density at radius 2 is 1.79 bits per heavy atom. The first-order valence-corrected chi connectivity index (χ1v) is 4.22. The second-order valence-corrected chi connectivity index (χ2v) is 3.39. The lowest BCUT2D eigenvalue weighted by atomic mass is 9.99. The van der Waals surface area contributed by atoms with Gasteiger partial charge in [-0.1, -0.05) is 13.8 Å². The quantitative estimate of drug-likeness (QED) is 0.675. The van der Waals surface area contributed by atoms with Gasteiger partial charge < -0.3 is 15.3 Å². The molecule has 4 nitrogen and oxygen atoms in total. The molecule has 4 heteroatoms. The number of benzene rings is 1. The van der Waals surface area contributed by atoms with E-state index in [1.165, 1.54) is 6.07 Å². The van der Waals surface area contributed by atoms with Gasteiger partial charge in [-0.25, -0.2) is 4.79 Å². The molecule has 0 bridgehead atoms. The summed E-state index contributed by atoms with van der Waals surface area (Å²) in [5, 5.41) is 27.4. The number of aromatic hydroxyl groups is 2. The van der Waals surface area contributed by atoms with Crippen molar-refractivity contribution in [2.24, 2.45) is 0 Å². The minimum absolute atomic E-state index is 0.00806. The van der Waals surface area contributed by atoms with Crippen LogP contribution in [0.15, 0.2) is 12.1 Å². The van der Waals surface area contributed by atoms with Crippen LogP contribution in [0.1, 0.15) is 35.7 Å². The van der Waals surface area contributed by atoms with Gasteiger partial charge in [-0.15, -0.1) is 0 Å². The van der Waals surface area contributed by atoms with E-state index in [1.54, 1.807) is 0 Å². The summed E-state index contributed by atoms with van der Waals surface area (Å²) in [6, 6.07) is 2.34. The molecule has 1 rings (SSSR count). The Labute approximate surface area is 81.4 Å². The fourth-order valence-electron chi connectivity index (χ4n) is 1.23. The van der Waals surface area contributed by atoms with Crippen molar-refractivity contribution in [3.8, 4) is 11.5 Å². The van der Waals surface area contributed by atoms with Gasteiger partial charge >= 0.3 is 5.97 Å². The third-order valence-electron chi connectivity index (χ3n) is 2.00. The lowest BCUT2D eigenvalue weighted by Gasteiger charge is -2.10. The fourth-order valence-corrected chi connectivity index (χ4v) is 1.23. The highest BCUT2D eigenvalue weighted by Gasteiger charge is 2.15.